The molecular formula is C22H25ClF6N4O2. The molecule has 0 aliphatic carbocycles. The minimum absolute atomic E-state index is 0.0205. The topological polar surface area (TPSA) is 55.9 Å². The van der Waals surface area contributed by atoms with Crippen LogP contribution in [0.4, 0.5) is 26.3 Å². The summed E-state index contributed by atoms with van der Waals surface area (Å²) < 4.78 is 79.6. The largest absolute Gasteiger partial charge is 0.416 e. The van der Waals surface area contributed by atoms with Crippen LogP contribution < -0.4 is 5.32 Å². The molecule has 1 N–H and O–H groups in total. The Morgan fingerprint density at radius 2 is 1.80 bits per heavy atom. The van der Waals surface area contributed by atoms with Crippen LogP contribution in [0.15, 0.2) is 24.3 Å². The van der Waals surface area contributed by atoms with Crippen molar-refractivity contribution in [3.8, 4) is 0 Å². The molecule has 0 saturated carbocycles. The van der Waals surface area contributed by atoms with E-state index >= 15 is 0 Å². The molecule has 3 unspecified atom stereocenters. The molecule has 4 atom stereocenters. The van der Waals surface area contributed by atoms with Crippen LogP contribution in [0.25, 0.3) is 0 Å². The molecule has 3 fully saturated rings. The lowest BCUT2D eigenvalue weighted by Gasteiger charge is -2.60. The SMILES string of the molecule is C[C@@H](c1ccc(C(F)(F)F)cc1)N1C(=O)CN(C2NCC(Cl)CC2F)C(=O)C12CN(CC(F)F)C2. The van der Waals surface area contributed by atoms with Crippen molar-refractivity contribution in [2.75, 3.05) is 32.7 Å². The Kier molecular flexibility index (Phi) is 7.02. The quantitative estimate of drug-likeness (QED) is 0.473. The highest BCUT2D eigenvalue weighted by Crippen LogP contribution is 2.41. The Bertz CT molecular complexity index is 956. The Morgan fingerprint density at radius 3 is 2.34 bits per heavy atom. The van der Waals surface area contributed by atoms with Crippen LogP contribution >= 0.6 is 11.6 Å². The van der Waals surface area contributed by atoms with E-state index in [2.05, 4.69) is 5.32 Å². The number of benzene rings is 1. The number of carbonyl (C=O) groups is 2. The zero-order valence-electron chi connectivity index (χ0n) is 18.7. The number of amides is 2. The highest BCUT2D eigenvalue weighted by atomic mass is 35.5. The molecule has 1 aromatic carbocycles. The number of piperidine rings is 1. The number of nitrogens with one attached hydrogen (secondary N) is 1. The number of piperazine rings is 1. The second kappa shape index (κ2) is 9.44. The van der Waals surface area contributed by atoms with Gasteiger partial charge in [0.1, 0.15) is 24.4 Å². The van der Waals surface area contributed by atoms with E-state index in [9.17, 15) is 35.9 Å². The van der Waals surface area contributed by atoms with E-state index in [0.717, 1.165) is 17.0 Å². The fraction of sp³-hybridized carbons (Fsp3) is 0.636. The number of halogens is 7. The van der Waals surface area contributed by atoms with Crippen LogP contribution in [0, 0.1) is 0 Å². The van der Waals surface area contributed by atoms with Crippen molar-refractivity contribution in [2.24, 2.45) is 0 Å². The van der Waals surface area contributed by atoms with Gasteiger partial charge < -0.3 is 9.80 Å². The molecule has 13 heteroatoms. The lowest BCUT2D eigenvalue weighted by molar-refractivity contribution is -0.189. The number of alkyl halides is 7. The lowest BCUT2D eigenvalue weighted by atomic mass is 9.81. The summed E-state index contributed by atoms with van der Waals surface area (Å²) in [6, 6.07) is 3.39. The Labute approximate surface area is 203 Å². The van der Waals surface area contributed by atoms with E-state index in [4.69, 9.17) is 11.6 Å². The van der Waals surface area contributed by atoms with Gasteiger partial charge in [0, 0.05) is 25.0 Å². The summed E-state index contributed by atoms with van der Waals surface area (Å²) in [5.41, 5.74) is -2.05. The average Bonchev–Trinajstić information content (AvgIpc) is 2.74. The molecule has 194 valence electrons. The molecule has 3 aliphatic rings. The van der Waals surface area contributed by atoms with Gasteiger partial charge in [0.05, 0.1) is 18.2 Å². The van der Waals surface area contributed by atoms with E-state index in [1.807, 2.05) is 0 Å². The van der Waals surface area contributed by atoms with E-state index in [0.29, 0.717) is 5.56 Å². The maximum atomic E-state index is 14.8. The third-order valence-electron chi connectivity index (χ3n) is 6.88. The Morgan fingerprint density at radius 1 is 1.17 bits per heavy atom. The number of hydrogen-bond acceptors (Lipinski definition) is 4. The first-order chi connectivity index (χ1) is 16.3. The maximum absolute atomic E-state index is 14.8. The summed E-state index contributed by atoms with van der Waals surface area (Å²) in [5, 5.41) is 2.37. The van der Waals surface area contributed by atoms with Crippen LogP contribution in [-0.4, -0.2) is 88.9 Å². The third-order valence-corrected chi connectivity index (χ3v) is 7.21. The van der Waals surface area contributed by atoms with Gasteiger partial charge in [-0.1, -0.05) is 12.1 Å². The maximum Gasteiger partial charge on any atom is 0.416 e. The third kappa shape index (κ3) is 4.84. The highest BCUT2D eigenvalue weighted by Gasteiger charge is 2.62. The van der Waals surface area contributed by atoms with Crippen LogP contribution in [0.3, 0.4) is 0 Å². The zero-order chi connectivity index (χ0) is 25.7. The van der Waals surface area contributed by atoms with Gasteiger partial charge in [-0.25, -0.2) is 13.2 Å². The molecule has 0 radical (unpaired) electrons. The van der Waals surface area contributed by atoms with Gasteiger partial charge in [-0.15, -0.1) is 11.6 Å². The second-order valence-corrected chi connectivity index (χ2v) is 9.90. The molecule has 0 aromatic heterocycles. The van der Waals surface area contributed by atoms with Crippen molar-refractivity contribution in [1.29, 1.82) is 0 Å². The number of carbonyl (C=O) groups excluding carboxylic acids is 2. The molecule has 6 nitrogen and oxygen atoms in total. The van der Waals surface area contributed by atoms with Gasteiger partial charge in [0.15, 0.2) is 0 Å². The Balaban J connectivity index is 1.64. The van der Waals surface area contributed by atoms with E-state index < -0.39 is 72.4 Å². The van der Waals surface area contributed by atoms with Crippen LogP contribution in [-0.2, 0) is 15.8 Å². The molecule has 35 heavy (non-hydrogen) atoms. The predicted octanol–water partition coefficient (Wildman–Crippen LogP) is 3.02. The van der Waals surface area contributed by atoms with E-state index in [-0.39, 0.29) is 26.1 Å². The van der Waals surface area contributed by atoms with Gasteiger partial charge in [0.25, 0.3) is 12.3 Å². The summed E-state index contributed by atoms with van der Waals surface area (Å²) in [6.45, 7) is 0.353. The molecule has 4 rings (SSSR count). The summed E-state index contributed by atoms with van der Waals surface area (Å²) in [4.78, 5) is 30.7. The lowest BCUT2D eigenvalue weighted by Crippen LogP contribution is -2.82. The van der Waals surface area contributed by atoms with Crippen molar-refractivity contribution in [2.45, 2.75) is 55.2 Å². The molecular weight excluding hydrogens is 502 g/mol. The summed E-state index contributed by atoms with van der Waals surface area (Å²) in [7, 11) is 0. The average molecular weight is 527 g/mol. The molecule has 0 bridgehead atoms. The Hall–Kier alpha value is -2.05. The number of likely N-dealkylation sites (tertiary alicyclic amines) is 1. The number of hydrogen-bond donors (Lipinski definition) is 1. The van der Waals surface area contributed by atoms with Gasteiger partial charge in [-0.3, -0.25) is 19.8 Å². The van der Waals surface area contributed by atoms with Crippen molar-refractivity contribution in [3.63, 3.8) is 0 Å². The second-order valence-electron chi connectivity index (χ2n) is 9.29. The minimum Gasteiger partial charge on any atom is -0.317 e. The van der Waals surface area contributed by atoms with Crippen molar-refractivity contribution < 1.29 is 35.9 Å². The fourth-order valence-electron chi connectivity index (χ4n) is 5.26. The van der Waals surface area contributed by atoms with E-state index in [1.165, 1.54) is 21.9 Å². The van der Waals surface area contributed by atoms with Crippen LogP contribution in [0.2, 0.25) is 0 Å². The van der Waals surface area contributed by atoms with Crippen LogP contribution in [0.1, 0.15) is 30.5 Å². The number of rotatable bonds is 5. The summed E-state index contributed by atoms with van der Waals surface area (Å²) in [6.07, 6.45) is -9.84. The smallest absolute Gasteiger partial charge is 0.317 e. The van der Waals surface area contributed by atoms with Gasteiger partial charge in [-0.05, 0) is 31.0 Å². The van der Waals surface area contributed by atoms with Gasteiger partial charge in [0.2, 0.25) is 5.91 Å². The van der Waals surface area contributed by atoms with E-state index in [1.54, 1.807) is 6.92 Å². The molecule has 3 saturated heterocycles. The summed E-state index contributed by atoms with van der Waals surface area (Å²) in [5.74, 6) is -1.13. The number of nitrogens with zero attached hydrogens (tertiary/aromatic N) is 3. The standard InChI is InChI=1S/C22H25ClF6N4O2/c1-12(13-2-4-14(5-3-13)22(27,28)29)33-18(34)9-32(19-16(24)6-15(23)7-30-19)20(35)21(33)10-31(11-21)8-17(25)26/h2-5,12,15-17,19,30H,6-11H2,1H3/t12-,15?,16?,19?/m0/s1. The van der Waals surface area contributed by atoms with Crippen LogP contribution in [0.5, 0.6) is 0 Å². The van der Waals surface area contributed by atoms with Gasteiger partial charge in [-0.2, -0.15) is 13.2 Å². The first-order valence-electron chi connectivity index (χ1n) is 11.2. The van der Waals surface area contributed by atoms with Crippen molar-refractivity contribution in [1.82, 2.24) is 20.0 Å². The zero-order valence-corrected chi connectivity index (χ0v) is 19.5. The summed E-state index contributed by atoms with van der Waals surface area (Å²) >= 11 is 5.99. The van der Waals surface area contributed by atoms with Crippen molar-refractivity contribution in [3.05, 3.63) is 35.4 Å². The molecule has 2 amide bonds. The molecule has 1 aromatic rings. The first kappa shape index (κ1) is 26.0. The van der Waals surface area contributed by atoms with Crippen molar-refractivity contribution >= 4 is 23.4 Å². The highest BCUT2D eigenvalue weighted by molar-refractivity contribution is 6.20. The molecule has 3 heterocycles. The molecule has 1 spiro atoms. The first-order valence-corrected chi connectivity index (χ1v) is 11.6. The predicted molar refractivity (Wildman–Crippen MR) is 115 cm³/mol. The molecule has 3 aliphatic heterocycles. The van der Waals surface area contributed by atoms with Gasteiger partial charge >= 0.3 is 6.18 Å². The minimum atomic E-state index is -4.54. The normalized spacial score (nSPS) is 28.5. The monoisotopic (exact) mass is 526 g/mol. The fourth-order valence-corrected chi connectivity index (χ4v) is 5.52.